The molecule has 7 nitrogen and oxygen atoms in total. The zero-order valence-electron chi connectivity index (χ0n) is 9.69. The number of nitrogens with two attached hydrogens (primary N) is 1. The van der Waals surface area contributed by atoms with Gasteiger partial charge in [0.25, 0.3) is 0 Å². The van der Waals surface area contributed by atoms with Crippen molar-refractivity contribution >= 4 is 23.0 Å². The number of fused-ring (bicyclic) bond motifs is 1. The van der Waals surface area contributed by atoms with Crippen LogP contribution in [0.4, 0.5) is 5.82 Å². The number of hydrogen-bond acceptors (Lipinski definition) is 5. The minimum absolute atomic E-state index is 0.196. The molecule has 0 saturated carbocycles. The Hall–Kier alpha value is -2.96. The predicted octanol–water partition coefficient (Wildman–Crippen LogP) is 1.10. The Balaban J connectivity index is 2.22. The Morgan fingerprint density at radius 1 is 1.26 bits per heavy atom. The fourth-order valence-electron chi connectivity index (χ4n) is 1.83. The van der Waals surface area contributed by atoms with Crippen molar-refractivity contribution in [3.8, 4) is 5.69 Å². The van der Waals surface area contributed by atoms with E-state index in [9.17, 15) is 4.79 Å². The normalized spacial score (nSPS) is 10.7. The zero-order valence-corrected chi connectivity index (χ0v) is 9.69. The minimum Gasteiger partial charge on any atom is -0.478 e. The summed E-state index contributed by atoms with van der Waals surface area (Å²) < 4.78 is 1.67. The molecule has 19 heavy (non-hydrogen) atoms. The first-order valence-electron chi connectivity index (χ1n) is 5.44. The summed E-state index contributed by atoms with van der Waals surface area (Å²) in [4.78, 5) is 23.1. The predicted molar refractivity (Wildman–Crippen MR) is 68.0 cm³/mol. The van der Waals surface area contributed by atoms with Crippen LogP contribution >= 0.6 is 0 Å². The van der Waals surface area contributed by atoms with Crippen molar-refractivity contribution < 1.29 is 9.90 Å². The van der Waals surface area contributed by atoms with Crippen LogP contribution < -0.4 is 5.73 Å². The van der Waals surface area contributed by atoms with Crippen molar-refractivity contribution in [2.45, 2.75) is 0 Å². The Kier molecular flexibility index (Phi) is 2.38. The van der Waals surface area contributed by atoms with E-state index in [0.717, 1.165) is 0 Å². The van der Waals surface area contributed by atoms with E-state index in [2.05, 4.69) is 15.0 Å². The Bertz CT molecular complexity index is 781. The molecule has 0 atom stereocenters. The van der Waals surface area contributed by atoms with Gasteiger partial charge in [0.1, 0.15) is 12.7 Å². The van der Waals surface area contributed by atoms with Crippen molar-refractivity contribution in [1.29, 1.82) is 0 Å². The number of carbonyl (C=O) groups is 1. The highest BCUT2D eigenvalue weighted by Crippen LogP contribution is 2.19. The molecule has 0 radical (unpaired) electrons. The fraction of sp³-hybridized carbons (Fsp3) is 0. The SMILES string of the molecule is Nc1ncnc2c1ncn2-c1cccc(C(=O)O)c1. The lowest BCUT2D eigenvalue weighted by atomic mass is 10.2. The lowest BCUT2D eigenvalue weighted by Gasteiger charge is -2.04. The number of carboxylic acids is 1. The van der Waals surface area contributed by atoms with Crippen LogP contribution in [0.25, 0.3) is 16.9 Å². The summed E-state index contributed by atoms with van der Waals surface area (Å²) in [7, 11) is 0. The number of anilines is 1. The van der Waals surface area contributed by atoms with Gasteiger partial charge in [-0.2, -0.15) is 0 Å². The van der Waals surface area contributed by atoms with Gasteiger partial charge in [-0.15, -0.1) is 0 Å². The third-order valence-corrected chi connectivity index (χ3v) is 2.73. The van der Waals surface area contributed by atoms with Crippen LogP contribution in [-0.4, -0.2) is 30.6 Å². The molecule has 0 amide bonds. The molecule has 0 aliphatic heterocycles. The summed E-state index contributed by atoms with van der Waals surface area (Å²) >= 11 is 0. The second kappa shape index (κ2) is 4.05. The van der Waals surface area contributed by atoms with Crippen LogP contribution in [0.15, 0.2) is 36.9 Å². The number of nitrogens with zero attached hydrogens (tertiary/aromatic N) is 4. The van der Waals surface area contributed by atoms with Gasteiger partial charge in [-0.1, -0.05) is 6.07 Å². The molecule has 0 unspecified atom stereocenters. The van der Waals surface area contributed by atoms with Crippen molar-refractivity contribution in [3.05, 3.63) is 42.5 Å². The lowest BCUT2D eigenvalue weighted by Crippen LogP contribution is -2.00. The maximum atomic E-state index is 11.0. The van der Waals surface area contributed by atoms with Gasteiger partial charge in [-0.3, -0.25) is 4.57 Å². The number of rotatable bonds is 2. The number of benzene rings is 1. The molecule has 0 fully saturated rings. The quantitative estimate of drug-likeness (QED) is 0.710. The number of carboxylic acid groups (broad SMARTS) is 1. The van der Waals surface area contributed by atoms with Crippen LogP contribution in [0.1, 0.15) is 10.4 Å². The van der Waals surface area contributed by atoms with Gasteiger partial charge in [0.2, 0.25) is 0 Å². The maximum Gasteiger partial charge on any atom is 0.335 e. The fourth-order valence-corrected chi connectivity index (χ4v) is 1.83. The molecule has 2 aromatic heterocycles. The standard InChI is InChI=1S/C12H9N5O2/c13-10-9-11(15-5-14-10)17(6-16-9)8-3-1-2-7(4-8)12(18)19/h1-6H,(H,18,19)(H2,13,14,15). The number of imidazole rings is 1. The van der Waals surface area contributed by atoms with Gasteiger partial charge < -0.3 is 10.8 Å². The molecule has 3 N–H and O–H groups in total. The summed E-state index contributed by atoms with van der Waals surface area (Å²) in [6.45, 7) is 0. The van der Waals surface area contributed by atoms with Gasteiger partial charge in [-0.05, 0) is 18.2 Å². The molecular weight excluding hydrogens is 246 g/mol. The second-order valence-electron chi connectivity index (χ2n) is 3.90. The summed E-state index contributed by atoms with van der Waals surface area (Å²) in [5, 5.41) is 8.99. The summed E-state index contributed by atoms with van der Waals surface area (Å²) in [5.41, 5.74) is 7.58. The third-order valence-electron chi connectivity index (χ3n) is 2.73. The van der Waals surface area contributed by atoms with Crippen LogP contribution in [-0.2, 0) is 0 Å². The van der Waals surface area contributed by atoms with E-state index in [-0.39, 0.29) is 11.4 Å². The molecule has 2 heterocycles. The van der Waals surface area contributed by atoms with Crippen LogP contribution in [0, 0.1) is 0 Å². The first kappa shape index (κ1) is 11.1. The molecule has 7 heteroatoms. The minimum atomic E-state index is -0.986. The van der Waals surface area contributed by atoms with Crippen LogP contribution in [0.5, 0.6) is 0 Å². The van der Waals surface area contributed by atoms with E-state index in [1.807, 2.05) is 0 Å². The monoisotopic (exact) mass is 255 g/mol. The largest absolute Gasteiger partial charge is 0.478 e. The molecule has 0 spiro atoms. The van der Waals surface area contributed by atoms with Gasteiger partial charge >= 0.3 is 5.97 Å². The molecule has 0 aliphatic carbocycles. The number of nitrogen functional groups attached to an aromatic ring is 1. The highest BCUT2D eigenvalue weighted by atomic mass is 16.4. The second-order valence-corrected chi connectivity index (χ2v) is 3.90. The molecule has 0 bridgehead atoms. The highest BCUT2D eigenvalue weighted by Gasteiger charge is 2.10. The molecule has 3 rings (SSSR count). The Morgan fingerprint density at radius 2 is 2.11 bits per heavy atom. The van der Waals surface area contributed by atoms with Crippen molar-refractivity contribution in [2.24, 2.45) is 0 Å². The van der Waals surface area contributed by atoms with E-state index in [4.69, 9.17) is 10.8 Å². The molecule has 1 aromatic carbocycles. The van der Waals surface area contributed by atoms with Crippen molar-refractivity contribution in [1.82, 2.24) is 19.5 Å². The van der Waals surface area contributed by atoms with E-state index < -0.39 is 5.97 Å². The smallest absolute Gasteiger partial charge is 0.335 e. The average molecular weight is 255 g/mol. The van der Waals surface area contributed by atoms with Gasteiger partial charge in [-0.25, -0.2) is 19.7 Å². The zero-order chi connectivity index (χ0) is 13.4. The lowest BCUT2D eigenvalue weighted by molar-refractivity contribution is 0.0697. The molecule has 3 aromatic rings. The topological polar surface area (TPSA) is 107 Å². The first-order valence-corrected chi connectivity index (χ1v) is 5.44. The third kappa shape index (κ3) is 1.77. The average Bonchev–Trinajstić information content (AvgIpc) is 2.84. The summed E-state index contributed by atoms with van der Waals surface area (Å²) in [6.07, 6.45) is 2.88. The van der Waals surface area contributed by atoms with Crippen molar-refractivity contribution in [3.63, 3.8) is 0 Å². The van der Waals surface area contributed by atoms with E-state index in [1.54, 1.807) is 22.8 Å². The van der Waals surface area contributed by atoms with E-state index in [1.165, 1.54) is 18.7 Å². The van der Waals surface area contributed by atoms with Gasteiger partial charge in [0.15, 0.2) is 17.0 Å². The number of aromatic carboxylic acids is 1. The van der Waals surface area contributed by atoms with E-state index in [0.29, 0.717) is 16.9 Å². The Labute approximate surface area is 107 Å². The molecule has 0 saturated heterocycles. The summed E-state index contributed by atoms with van der Waals surface area (Å²) in [6, 6.07) is 6.50. The van der Waals surface area contributed by atoms with Gasteiger partial charge in [0.05, 0.1) is 5.56 Å². The number of aromatic nitrogens is 4. The molecule has 0 aliphatic rings. The molecular formula is C12H9N5O2. The molecule has 94 valence electrons. The number of hydrogen-bond donors (Lipinski definition) is 2. The maximum absolute atomic E-state index is 11.0. The van der Waals surface area contributed by atoms with E-state index >= 15 is 0 Å². The summed E-state index contributed by atoms with van der Waals surface area (Å²) in [5.74, 6) is -0.696. The first-order chi connectivity index (χ1) is 9.16. The van der Waals surface area contributed by atoms with Crippen LogP contribution in [0.2, 0.25) is 0 Å². The van der Waals surface area contributed by atoms with Crippen LogP contribution in [0.3, 0.4) is 0 Å². The van der Waals surface area contributed by atoms with Crippen molar-refractivity contribution in [2.75, 3.05) is 5.73 Å². The van der Waals surface area contributed by atoms with Gasteiger partial charge in [0, 0.05) is 5.69 Å². The highest BCUT2D eigenvalue weighted by molar-refractivity contribution is 5.88. The Morgan fingerprint density at radius 3 is 2.89 bits per heavy atom.